The molecule has 1 heterocycles. The maximum Gasteiger partial charge on any atom is 0.251 e. The largest absolute Gasteiger partial charge is 0.301 e. The van der Waals surface area contributed by atoms with E-state index in [-0.39, 0.29) is 29.3 Å². The van der Waals surface area contributed by atoms with Crippen LogP contribution in [-0.2, 0) is 11.2 Å². The summed E-state index contributed by atoms with van der Waals surface area (Å²) in [5.74, 6) is -0.119. The molecule has 0 radical (unpaired) electrons. The van der Waals surface area contributed by atoms with Crippen LogP contribution in [0.3, 0.4) is 0 Å². The van der Waals surface area contributed by atoms with E-state index in [1.165, 1.54) is 30.0 Å². The van der Waals surface area contributed by atoms with Crippen LogP contribution in [0.4, 0.5) is 4.39 Å². The molecule has 1 aromatic carbocycles. The van der Waals surface area contributed by atoms with Gasteiger partial charge in [0.15, 0.2) is 5.16 Å². The number of benzene rings is 1. The van der Waals surface area contributed by atoms with Gasteiger partial charge in [-0.2, -0.15) is 0 Å². The highest BCUT2D eigenvalue weighted by Gasteiger charge is 2.07. The lowest BCUT2D eigenvalue weighted by Crippen LogP contribution is -2.10. The summed E-state index contributed by atoms with van der Waals surface area (Å²) >= 11 is 1.19. The Morgan fingerprint density at radius 1 is 1.35 bits per heavy atom. The fourth-order valence-corrected chi connectivity index (χ4v) is 2.43. The Bertz CT molecular complexity index is 668. The minimum atomic E-state index is -0.322. The van der Waals surface area contributed by atoms with Crippen molar-refractivity contribution in [3.05, 3.63) is 57.8 Å². The van der Waals surface area contributed by atoms with E-state index in [0.29, 0.717) is 10.9 Å². The fourth-order valence-electron chi connectivity index (χ4n) is 1.65. The molecule has 0 spiro atoms. The van der Waals surface area contributed by atoms with E-state index < -0.39 is 0 Å². The number of nitrogens with one attached hydrogen (secondary N) is 1. The molecule has 0 aliphatic heterocycles. The molecule has 20 heavy (non-hydrogen) atoms. The topological polar surface area (TPSA) is 62.8 Å². The molecule has 4 nitrogen and oxygen atoms in total. The third-order valence-electron chi connectivity index (χ3n) is 2.53. The zero-order valence-corrected chi connectivity index (χ0v) is 11.7. The molecule has 2 rings (SSSR count). The molecule has 0 aliphatic rings. The number of H-pyrrole nitrogens is 1. The van der Waals surface area contributed by atoms with Gasteiger partial charge in [-0.3, -0.25) is 9.59 Å². The van der Waals surface area contributed by atoms with Gasteiger partial charge < -0.3 is 4.98 Å². The van der Waals surface area contributed by atoms with Crippen LogP contribution < -0.4 is 5.56 Å². The smallest absolute Gasteiger partial charge is 0.251 e. The van der Waals surface area contributed by atoms with Gasteiger partial charge >= 0.3 is 0 Å². The zero-order valence-electron chi connectivity index (χ0n) is 10.9. The van der Waals surface area contributed by atoms with E-state index in [0.717, 1.165) is 5.56 Å². The highest BCUT2D eigenvalue weighted by Crippen LogP contribution is 2.13. The van der Waals surface area contributed by atoms with Crippen molar-refractivity contribution in [2.24, 2.45) is 0 Å². The summed E-state index contributed by atoms with van der Waals surface area (Å²) in [6, 6.07) is 7.23. The van der Waals surface area contributed by atoms with E-state index in [1.807, 2.05) is 0 Å². The number of carbonyl (C=O) groups excluding carboxylic acids is 1. The number of hydrogen-bond donors (Lipinski definition) is 1. The molecule has 0 saturated heterocycles. The van der Waals surface area contributed by atoms with Crippen LogP contribution in [-0.4, -0.2) is 21.5 Å². The summed E-state index contributed by atoms with van der Waals surface area (Å²) in [6.07, 6.45) is 0.239. The summed E-state index contributed by atoms with van der Waals surface area (Å²) < 4.78 is 12.7. The lowest BCUT2D eigenvalue weighted by atomic mass is 10.1. The van der Waals surface area contributed by atoms with Gasteiger partial charge in [0, 0.05) is 18.2 Å². The molecule has 2 aromatic rings. The van der Waals surface area contributed by atoms with Crippen molar-refractivity contribution in [3.63, 3.8) is 0 Å². The number of hydrogen-bond acceptors (Lipinski definition) is 4. The van der Waals surface area contributed by atoms with Gasteiger partial charge in [-0.05, 0) is 24.6 Å². The third kappa shape index (κ3) is 4.31. The fraction of sp³-hybridized carbons (Fsp3) is 0.214. The van der Waals surface area contributed by atoms with Crippen molar-refractivity contribution in [2.75, 3.05) is 5.75 Å². The average Bonchev–Trinajstić information content (AvgIpc) is 2.38. The lowest BCUT2D eigenvalue weighted by molar-refractivity contribution is -0.116. The molecular formula is C14H13FN2O2S. The Hall–Kier alpha value is -1.95. The summed E-state index contributed by atoms with van der Waals surface area (Å²) in [6.45, 7) is 1.72. The van der Waals surface area contributed by atoms with Crippen LogP contribution in [0.15, 0.2) is 40.3 Å². The van der Waals surface area contributed by atoms with Gasteiger partial charge in [0.2, 0.25) is 0 Å². The molecule has 0 amide bonds. The highest BCUT2D eigenvalue weighted by atomic mass is 32.2. The predicted molar refractivity (Wildman–Crippen MR) is 75.4 cm³/mol. The second kappa shape index (κ2) is 6.47. The van der Waals surface area contributed by atoms with Gasteiger partial charge in [-0.15, -0.1) is 0 Å². The summed E-state index contributed by atoms with van der Waals surface area (Å²) in [4.78, 5) is 29.8. The Labute approximate surface area is 119 Å². The molecule has 0 saturated carbocycles. The van der Waals surface area contributed by atoms with Crippen LogP contribution in [0.1, 0.15) is 11.3 Å². The van der Waals surface area contributed by atoms with Crippen molar-refractivity contribution in [3.8, 4) is 0 Å². The molecule has 0 atom stereocenters. The van der Waals surface area contributed by atoms with Gasteiger partial charge in [-0.1, -0.05) is 23.9 Å². The van der Waals surface area contributed by atoms with Gasteiger partial charge in [0.1, 0.15) is 11.6 Å². The molecule has 0 fully saturated rings. The van der Waals surface area contributed by atoms with Crippen molar-refractivity contribution < 1.29 is 9.18 Å². The first-order valence-corrected chi connectivity index (χ1v) is 6.98. The number of carbonyl (C=O) groups is 1. The van der Waals surface area contributed by atoms with Crippen LogP contribution in [0.5, 0.6) is 0 Å². The van der Waals surface area contributed by atoms with Crippen molar-refractivity contribution in [1.29, 1.82) is 0 Å². The van der Waals surface area contributed by atoms with Crippen LogP contribution in [0.2, 0.25) is 0 Å². The third-order valence-corrected chi connectivity index (χ3v) is 3.47. The van der Waals surface area contributed by atoms with Crippen molar-refractivity contribution in [1.82, 2.24) is 9.97 Å². The molecule has 6 heteroatoms. The first-order valence-electron chi connectivity index (χ1n) is 6.00. The van der Waals surface area contributed by atoms with Gasteiger partial charge in [-0.25, -0.2) is 9.37 Å². The van der Waals surface area contributed by atoms with E-state index in [9.17, 15) is 14.0 Å². The van der Waals surface area contributed by atoms with Gasteiger partial charge in [0.25, 0.3) is 5.56 Å². The molecule has 104 valence electrons. The number of Topliss-reactive ketones (excluding diaryl/α,β-unsaturated/α-hetero) is 1. The Morgan fingerprint density at radius 3 is 2.70 bits per heavy atom. The standard InChI is InChI=1S/C14H13FN2O2S/c1-9-6-13(19)17-14(16-9)20-8-12(18)7-10-2-4-11(15)5-3-10/h2-6H,7-8H2,1H3,(H,16,17,19). The normalized spacial score (nSPS) is 10.5. The molecule has 0 unspecified atom stereocenters. The summed E-state index contributed by atoms with van der Waals surface area (Å²) in [5, 5.41) is 0.433. The number of aryl methyl sites for hydroxylation is 1. The van der Waals surface area contributed by atoms with Crippen LogP contribution in [0.25, 0.3) is 0 Å². The van der Waals surface area contributed by atoms with E-state index in [2.05, 4.69) is 9.97 Å². The minimum absolute atomic E-state index is 0.00855. The highest BCUT2D eigenvalue weighted by molar-refractivity contribution is 7.99. The number of nitrogens with zero attached hydrogens (tertiary/aromatic N) is 1. The number of thioether (sulfide) groups is 1. The Balaban J connectivity index is 1.92. The molecule has 1 N–H and O–H groups in total. The summed E-state index contributed by atoms with van der Waals surface area (Å²) in [5.41, 5.74) is 1.15. The molecule has 0 bridgehead atoms. The Kier molecular flexibility index (Phi) is 4.68. The lowest BCUT2D eigenvalue weighted by Gasteiger charge is -2.02. The number of ketones is 1. The van der Waals surface area contributed by atoms with Crippen molar-refractivity contribution in [2.45, 2.75) is 18.5 Å². The average molecular weight is 292 g/mol. The molecule has 1 aromatic heterocycles. The van der Waals surface area contributed by atoms with E-state index in [1.54, 1.807) is 19.1 Å². The Morgan fingerprint density at radius 2 is 2.05 bits per heavy atom. The number of halogens is 1. The first-order chi connectivity index (χ1) is 9.52. The second-order valence-corrected chi connectivity index (χ2v) is 5.29. The summed E-state index contributed by atoms with van der Waals surface area (Å²) in [7, 11) is 0. The minimum Gasteiger partial charge on any atom is -0.301 e. The number of rotatable bonds is 5. The van der Waals surface area contributed by atoms with E-state index >= 15 is 0 Å². The van der Waals surface area contributed by atoms with Crippen LogP contribution >= 0.6 is 11.8 Å². The molecule has 0 aliphatic carbocycles. The number of aromatic nitrogens is 2. The maximum atomic E-state index is 12.7. The quantitative estimate of drug-likeness (QED) is 0.677. The van der Waals surface area contributed by atoms with Crippen molar-refractivity contribution >= 4 is 17.5 Å². The molecular weight excluding hydrogens is 279 g/mol. The maximum absolute atomic E-state index is 12.7. The van der Waals surface area contributed by atoms with E-state index in [4.69, 9.17) is 0 Å². The van der Waals surface area contributed by atoms with Crippen LogP contribution in [0, 0.1) is 12.7 Å². The number of aromatic amines is 1. The monoisotopic (exact) mass is 292 g/mol. The SMILES string of the molecule is Cc1cc(=O)[nH]c(SCC(=O)Cc2ccc(F)cc2)n1. The second-order valence-electron chi connectivity index (χ2n) is 4.32. The predicted octanol–water partition coefficient (Wildman–Crippen LogP) is 2.12. The zero-order chi connectivity index (χ0) is 14.5. The van der Waals surface area contributed by atoms with Gasteiger partial charge in [0.05, 0.1) is 5.75 Å². The first kappa shape index (κ1) is 14.5.